The maximum absolute atomic E-state index is 15.6. The predicted octanol–water partition coefficient (Wildman–Crippen LogP) is 8.77. The average Bonchev–Trinajstić information content (AvgIpc) is 3.59. The van der Waals surface area contributed by atoms with Gasteiger partial charge in [-0.1, -0.05) is 43.3 Å². The molecule has 0 saturated heterocycles. The Hall–Kier alpha value is -4.51. The van der Waals surface area contributed by atoms with E-state index in [4.69, 9.17) is 14.5 Å². The van der Waals surface area contributed by atoms with Crippen LogP contribution in [0.1, 0.15) is 48.6 Å². The van der Waals surface area contributed by atoms with Gasteiger partial charge in [0, 0.05) is 48.3 Å². The molecule has 2 aromatic heterocycles. The molecule has 44 heavy (non-hydrogen) atoms. The smallest absolute Gasteiger partial charge is 0.306 e. The van der Waals surface area contributed by atoms with E-state index in [-0.39, 0.29) is 60.2 Å². The van der Waals surface area contributed by atoms with Crippen molar-refractivity contribution in [3.63, 3.8) is 0 Å². The highest BCUT2D eigenvalue weighted by molar-refractivity contribution is 7.92. The number of nitrogens with zero attached hydrogens (tertiary/aromatic N) is 3. The van der Waals surface area contributed by atoms with Gasteiger partial charge in [0.2, 0.25) is 0 Å². The number of fused-ring (bicyclic) bond motifs is 4. The van der Waals surface area contributed by atoms with Crippen LogP contribution in [-0.2, 0) is 22.5 Å². The zero-order chi connectivity index (χ0) is 31.0. The first-order chi connectivity index (χ1) is 21.3. The summed E-state index contributed by atoms with van der Waals surface area (Å²) in [4.78, 5) is 16.7. The van der Waals surface area contributed by atoms with E-state index >= 15 is 8.78 Å². The van der Waals surface area contributed by atoms with Gasteiger partial charge < -0.3 is 14.0 Å². The third-order valence-corrected chi connectivity index (χ3v) is 8.15. The first-order valence-corrected chi connectivity index (χ1v) is 14.7. The van der Waals surface area contributed by atoms with Gasteiger partial charge in [0.15, 0.2) is 29.7 Å². The molecule has 0 radical (unpaired) electrons. The van der Waals surface area contributed by atoms with Crippen molar-refractivity contribution in [2.24, 2.45) is 0 Å². The molecule has 6 rings (SSSR count). The molecule has 1 unspecified atom stereocenters. The number of rotatable bonds is 9. The van der Waals surface area contributed by atoms with E-state index in [0.29, 0.717) is 34.8 Å². The zero-order valence-electron chi connectivity index (χ0n) is 23.8. The Morgan fingerprint density at radius 1 is 1.11 bits per heavy atom. The van der Waals surface area contributed by atoms with Crippen LogP contribution in [0.3, 0.4) is 0 Å². The van der Waals surface area contributed by atoms with Crippen LogP contribution in [0.15, 0.2) is 67.0 Å². The van der Waals surface area contributed by atoms with E-state index in [2.05, 4.69) is 0 Å². The summed E-state index contributed by atoms with van der Waals surface area (Å²) in [5, 5.41) is 0.0237. The van der Waals surface area contributed by atoms with Gasteiger partial charge in [-0.25, -0.2) is 18.2 Å². The first kappa shape index (κ1) is 29.6. The van der Waals surface area contributed by atoms with Gasteiger partial charge >= 0.3 is 5.97 Å². The number of esters is 1. The number of hydrogen-bond donors (Lipinski definition) is 0. The Balaban J connectivity index is 1.31. The van der Waals surface area contributed by atoms with Gasteiger partial charge in [0.05, 0.1) is 17.8 Å². The summed E-state index contributed by atoms with van der Waals surface area (Å²) < 4.78 is 72.5. The number of carbonyl (C=O) groups excluding carboxylic acids is 1. The van der Waals surface area contributed by atoms with Crippen molar-refractivity contribution in [2.45, 2.75) is 39.2 Å². The van der Waals surface area contributed by atoms with E-state index < -0.39 is 23.3 Å². The number of halogens is 4. The van der Waals surface area contributed by atoms with Gasteiger partial charge in [-0.05, 0) is 48.2 Å². The van der Waals surface area contributed by atoms with E-state index in [1.807, 2.05) is 29.8 Å². The highest BCUT2D eigenvalue weighted by Crippen LogP contribution is 2.38. The lowest BCUT2D eigenvalue weighted by molar-refractivity contribution is -0.143. The number of aryl methyl sites for hydroxylation is 1. The Morgan fingerprint density at radius 2 is 1.95 bits per heavy atom. The van der Waals surface area contributed by atoms with E-state index in [9.17, 15) is 13.1 Å². The maximum Gasteiger partial charge on any atom is 0.306 e. The SMILES string of the molecule is CCOC(=O)CCc1cccc(C(C)c2cn3c(n2)-c2cc(Oc4c(F)cc5c(ccn5SF)c4F)ccc2C=CC3)c1F. The molecule has 0 bridgehead atoms. The number of aromatic nitrogens is 3. The second-order valence-electron chi connectivity index (χ2n) is 10.4. The number of carbonyl (C=O) groups is 1. The van der Waals surface area contributed by atoms with Crippen molar-refractivity contribution in [1.82, 2.24) is 13.5 Å². The van der Waals surface area contributed by atoms with E-state index in [1.165, 1.54) is 12.3 Å². The Morgan fingerprint density at radius 3 is 2.75 bits per heavy atom. The highest BCUT2D eigenvalue weighted by Gasteiger charge is 2.24. The molecule has 0 N–H and O–H groups in total. The molecule has 0 amide bonds. The third kappa shape index (κ3) is 5.47. The van der Waals surface area contributed by atoms with Crippen LogP contribution >= 0.6 is 12.3 Å². The molecule has 3 heterocycles. The second-order valence-corrected chi connectivity index (χ2v) is 10.9. The Labute approximate surface area is 255 Å². The van der Waals surface area contributed by atoms with Crippen LogP contribution in [-0.4, -0.2) is 26.1 Å². The quantitative estimate of drug-likeness (QED) is 0.122. The van der Waals surface area contributed by atoms with Crippen LogP contribution in [0.2, 0.25) is 0 Å². The first-order valence-electron chi connectivity index (χ1n) is 14.1. The van der Waals surface area contributed by atoms with Crippen molar-refractivity contribution >= 4 is 35.3 Å². The number of imidazole rings is 1. The number of hydrogen-bond acceptors (Lipinski definition) is 5. The highest BCUT2D eigenvalue weighted by atomic mass is 32.2. The summed E-state index contributed by atoms with van der Waals surface area (Å²) in [6.07, 6.45) is 7.36. The van der Waals surface area contributed by atoms with Gasteiger partial charge in [-0.15, -0.1) is 3.89 Å². The van der Waals surface area contributed by atoms with Crippen molar-refractivity contribution in [3.8, 4) is 22.9 Å². The second kappa shape index (κ2) is 12.2. The molecule has 0 saturated carbocycles. The monoisotopic (exact) mass is 621 g/mol. The number of allylic oxidation sites excluding steroid dienone is 1. The van der Waals surface area contributed by atoms with Gasteiger partial charge in [-0.2, -0.15) is 0 Å². The largest absolute Gasteiger partial charge is 0.466 e. The normalized spacial score (nSPS) is 13.0. The van der Waals surface area contributed by atoms with Crippen LogP contribution in [0.25, 0.3) is 28.4 Å². The molecule has 11 heteroatoms. The Bertz CT molecular complexity index is 1920. The summed E-state index contributed by atoms with van der Waals surface area (Å²) in [6, 6.07) is 12.5. The molecule has 3 aromatic carbocycles. The van der Waals surface area contributed by atoms with Gasteiger partial charge in [0.1, 0.15) is 17.4 Å². The van der Waals surface area contributed by atoms with Crippen molar-refractivity contribution < 1.29 is 31.3 Å². The van der Waals surface area contributed by atoms with E-state index in [0.717, 1.165) is 15.6 Å². The lowest BCUT2D eigenvalue weighted by Crippen LogP contribution is -2.08. The minimum atomic E-state index is -0.969. The summed E-state index contributed by atoms with van der Waals surface area (Å²) in [5.74, 6) is -2.91. The molecule has 0 spiro atoms. The van der Waals surface area contributed by atoms with Crippen LogP contribution < -0.4 is 4.74 Å². The predicted molar refractivity (Wildman–Crippen MR) is 162 cm³/mol. The fourth-order valence-electron chi connectivity index (χ4n) is 5.42. The molecular weight excluding hydrogens is 594 g/mol. The molecule has 1 atom stereocenters. The minimum absolute atomic E-state index is 0.0237. The van der Waals surface area contributed by atoms with Crippen molar-refractivity contribution in [1.29, 1.82) is 0 Å². The average molecular weight is 622 g/mol. The summed E-state index contributed by atoms with van der Waals surface area (Å²) in [5.41, 5.74) is 3.05. The zero-order valence-corrected chi connectivity index (χ0v) is 24.6. The van der Waals surface area contributed by atoms with Crippen LogP contribution in [0.5, 0.6) is 11.5 Å². The molecule has 6 nitrogen and oxygen atoms in total. The minimum Gasteiger partial charge on any atom is -0.466 e. The van der Waals surface area contributed by atoms with Gasteiger partial charge in [0.25, 0.3) is 0 Å². The fourth-order valence-corrected chi connectivity index (χ4v) is 5.76. The van der Waals surface area contributed by atoms with Gasteiger partial charge in [-0.3, -0.25) is 8.77 Å². The standard InChI is InChI=1S/C33H27F4N3O3S/c1-3-42-29(41)12-10-21-6-4-8-23(30(21)35)19(2)27-18-39-14-5-7-20-9-11-22(16-25(20)33(39)38-27)43-32-26(34)17-28-24(31(32)36)13-15-40(28)44-37/h4-9,11,13,15-19H,3,10,12,14H2,1-2H3. The topological polar surface area (TPSA) is 58.3 Å². The maximum atomic E-state index is 15.6. The number of benzene rings is 3. The van der Waals surface area contributed by atoms with Crippen LogP contribution in [0.4, 0.5) is 17.1 Å². The third-order valence-electron chi connectivity index (χ3n) is 7.68. The molecule has 1 aliphatic heterocycles. The van der Waals surface area contributed by atoms with Crippen molar-refractivity contribution in [3.05, 3.63) is 107 Å². The van der Waals surface area contributed by atoms with Crippen molar-refractivity contribution in [2.75, 3.05) is 6.61 Å². The summed E-state index contributed by atoms with van der Waals surface area (Å²) in [6.45, 7) is 4.37. The molecule has 1 aliphatic rings. The molecule has 0 aliphatic carbocycles. The van der Waals surface area contributed by atoms with E-state index in [1.54, 1.807) is 43.3 Å². The molecule has 5 aromatic rings. The molecule has 226 valence electrons. The number of ether oxygens (including phenoxy) is 2. The molecular formula is C33H27F4N3O3S. The fraction of sp³-hybridized carbons (Fsp3) is 0.212. The summed E-state index contributed by atoms with van der Waals surface area (Å²) >= 11 is -0.159. The lowest BCUT2D eigenvalue weighted by atomic mass is 9.94. The van der Waals surface area contributed by atoms with Crippen LogP contribution in [0, 0.1) is 17.5 Å². The summed E-state index contributed by atoms with van der Waals surface area (Å²) in [7, 11) is 0. The Kier molecular flexibility index (Phi) is 8.22. The lowest BCUT2D eigenvalue weighted by Gasteiger charge is -2.13. The molecule has 0 fully saturated rings.